The third kappa shape index (κ3) is 4.49. The van der Waals surface area contributed by atoms with Crippen molar-refractivity contribution >= 4 is 16.0 Å². The fraction of sp³-hybridized carbons (Fsp3) is 0.769. The van der Waals surface area contributed by atoms with E-state index >= 15 is 0 Å². The van der Waals surface area contributed by atoms with Gasteiger partial charge in [0, 0.05) is 19.6 Å². The van der Waals surface area contributed by atoms with Crippen molar-refractivity contribution in [3.63, 3.8) is 0 Å². The highest BCUT2D eigenvalue weighted by molar-refractivity contribution is 7.89. The van der Waals surface area contributed by atoms with Gasteiger partial charge >= 0.3 is 5.97 Å². The minimum atomic E-state index is -4.04. The number of carboxylic acid groups (broad SMARTS) is 1. The molecule has 0 spiro atoms. The van der Waals surface area contributed by atoms with Gasteiger partial charge in [-0.05, 0) is 12.8 Å². The van der Waals surface area contributed by atoms with Gasteiger partial charge in [0.15, 0.2) is 0 Å². The van der Waals surface area contributed by atoms with Gasteiger partial charge in [0.25, 0.3) is 15.2 Å². The lowest BCUT2D eigenvalue weighted by molar-refractivity contribution is -0.137. The van der Waals surface area contributed by atoms with Gasteiger partial charge in [0.1, 0.15) is 12.4 Å². The van der Waals surface area contributed by atoms with Crippen LogP contribution in [0.2, 0.25) is 0 Å². The molecule has 0 radical (unpaired) electrons. The molecular weight excluding hydrogens is 324 g/mol. The molecule has 0 amide bonds. The summed E-state index contributed by atoms with van der Waals surface area (Å²) in [5, 5.41) is 15.0. The molecule has 1 saturated carbocycles. The van der Waals surface area contributed by atoms with E-state index in [4.69, 9.17) is 9.84 Å². The van der Waals surface area contributed by atoms with Crippen LogP contribution in [0.4, 0.5) is 0 Å². The summed E-state index contributed by atoms with van der Waals surface area (Å²) in [5.41, 5.74) is 0. The zero-order chi connectivity index (χ0) is 16.9. The van der Waals surface area contributed by atoms with Crippen LogP contribution >= 0.6 is 0 Å². The maximum absolute atomic E-state index is 12.7. The van der Waals surface area contributed by atoms with E-state index in [1.165, 1.54) is 7.11 Å². The normalized spacial score (nSPS) is 16.8. The molecule has 1 aromatic rings. The van der Waals surface area contributed by atoms with E-state index in [1.807, 2.05) is 0 Å². The molecule has 0 bridgehead atoms. The summed E-state index contributed by atoms with van der Waals surface area (Å²) in [5.74, 6) is -0.793. The summed E-state index contributed by atoms with van der Waals surface area (Å²) in [4.78, 5) is 15.1. The van der Waals surface area contributed by atoms with Gasteiger partial charge in [-0.2, -0.15) is 4.31 Å². The van der Waals surface area contributed by atoms with Crippen LogP contribution in [-0.2, 0) is 26.0 Å². The molecule has 1 aliphatic carbocycles. The number of carbonyl (C=O) groups is 1. The van der Waals surface area contributed by atoms with E-state index in [1.54, 1.807) is 0 Å². The molecule has 1 aromatic heterocycles. The number of carboxylic acids is 1. The Labute approximate surface area is 135 Å². The first kappa shape index (κ1) is 17.8. The van der Waals surface area contributed by atoms with Crippen LogP contribution in [0.3, 0.4) is 0 Å². The zero-order valence-corrected chi connectivity index (χ0v) is 13.9. The largest absolute Gasteiger partial charge is 0.480 e. The van der Waals surface area contributed by atoms with E-state index in [2.05, 4.69) is 15.2 Å². The predicted octanol–water partition coefficient (Wildman–Crippen LogP) is 0.402. The minimum Gasteiger partial charge on any atom is -0.480 e. The highest BCUT2D eigenvalue weighted by Gasteiger charge is 2.36. The lowest BCUT2D eigenvalue weighted by Crippen LogP contribution is -2.44. The highest BCUT2D eigenvalue weighted by Crippen LogP contribution is 2.26. The van der Waals surface area contributed by atoms with Crippen LogP contribution in [0.1, 0.15) is 37.9 Å². The summed E-state index contributed by atoms with van der Waals surface area (Å²) in [6, 6.07) is -0.314. The van der Waals surface area contributed by atoms with Gasteiger partial charge < -0.3 is 9.84 Å². The van der Waals surface area contributed by atoms with Crippen LogP contribution in [0.15, 0.2) is 5.16 Å². The van der Waals surface area contributed by atoms with Gasteiger partial charge in [-0.3, -0.25) is 9.89 Å². The van der Waals surface area contributed by atoms with Gasteiger partial charge in [-0.25, -0.2) is 13.4 Å². The van der Waals surface area contributed by atoms with Crippen molar-refractivity contribution in [2.45, 2.75) is 49.7 Å². The van der Waals surface area contributed by atoms with Crippen molar-refractivity contribution in [3.05, 3.63) is 5.82 Å². The molecule has 2 rings (SSSR count). The van der Waals surface area contributed by atoms with Crippen LogP contribution in [0, 0.1) is 0 Å². The minimum absolute atomic E-state index is 0.314. The molecule has 0 aliphatic heterocycles. The third-order valence-corrected chi connectivity index (χ3v) is 5.56. The molecule has 10 heteroatoms. The van der Waals surface area contributed by atoms with E-state index in [0.29, 0.717) is 31.7 Å². The second-order valence-corrected chi connectivity index (χ2v) is 7.33. The maximum atomic E-state index is 12.7. The van der Waals surface area contributed by atoms with Gasteiger partial charge in [0.05, 0.1) is 6.61 Å². The molecule has 0 unspecified atom stereocenters. The summed E-state index contributed by atoms with van der Waals surface area (Å²) >= 11 is 0. The number of ether oxygens (including phenoxy) is 1. The van der Waals surface area contributed by atoms with E-state index in [9.17, 15) is 13.2 Å². The molecular formula is C13H22N4O5S. The molecule has 1 heterocycles. The summed E-state index contributed by atoms with van der Waals surface area (Å²) in [6.45, 7) is -0.189. The molecule has 0 saturated heterocycles. The van der Waals surface area contributed by atoms with Gasteiger partial charge in [-0.1, -0.05) is 19.3 Å². The summed E-state index contributed by atoms with van der Waals surface area (Å²) < 4.78 is 31.4. The average Bonchev–Trinajstić information content (AvgIpc) is 3.01. The number of nitrogens with zero attached hydrogens (tertiary/aromatic N) is 3. The maximum Gasteiger partial charge on any atom is 0.318 e. The second-order valence-electron chi connectivity index (χ2n) is 5.54. The molecule has 1 aliphatic rings. The lowest BCUT2D eigenvalue weighted by Gasteiger charge is -2.31. The van der Waals surface area contributed by atoms with E-state index in [-0.39, 0.29) is 11.2 Å². The quantitative estimate of drug-likeness (QED) is 0.698. The fourth-order valence-corrected chi connectivity index (χ4v) is 4.20. The molecule has 23 heavy (non-hydrogen) atoms. The number of hydrogen-bond acceptors (Lipinski definition) is 6. The predicted molar refractivity (Wildman–Crippen MR) is 80.4 cm³/mol. The van der Waals surface area contributed by atoms with Gasteiger partial charge in [-0.15, -0.1) is 5.10 Å². The monoisotopic (exact) mass is 346 g/mol. The number of aromatic nitrogens is 3. The van der Waals surface area contributed by atoms with E-state index in [0.717, 1.165) is 23.6 Å². The number of H-pyrrole nitrogens is 1. The first-order valence-corrected chi connectivity index (χ1v) is 9.03. The summed E-state index contributed by atoms with van der Waals surface area (Å²) in [7, 11) is -2.51. The smallest absolute Gasteiger partial charge is 0.318 e. The van der Waals surface area contributed by atoms with Crippen molar-refractivity contribution in [2.75, 3.05) is 20.3 Å². The van der Waals surface area contributed by atoms with Gasteiger partial charge in [0.2, 0.25) is 0 Å². The standard InChI is InChI=1S/C13H22N4O5S/c1-22-8-7-11-14-13(16-15-11)23(20,21)17(9-12(18)19)10-5-3-2-4-6-10/h10H,2-9H2,1H3,(H,18,19)(H,14,15,16). The first-order chi connectivity index (χ1) is 10.9. The Bertz CT molecular complexity index is 624. The number of aliphatic carboxylic acids is 1. The Hall–Kier alpha value is -1.52. The Morgan fingerprint density at radius 1 is 1.39 bits per heavy atom. The molecule has 0 atom stereocenters. The molecule has 130 valence electrons. The van der Waals surface area contributed by atoms with Crippen molar-refractivity contribution < 1.29 is 23.1 Å². The lowest BCUT2D eigenvalue weighted by atomic mass is 9.95. The topological polar surface area (TPSA) is 125 Å². The van der Waals surface area contributed by atoms with E-state index < -0.39 is 22.5 Å². The average molecular weight is 346 g/mol. The van der Waals surface area contributed by atoms with Crippen molar-refractivity contribution in [3.8, 4) is 0 Å². The Kier molecular flexibility index (Phi) is 6.08. The van der Waals surface area contributed by atoms with Crippen LogP contribution in [0.5, 0.6) is 0 Å². The second kappa shape index (κ2) is 7.84. The molecule has 1 fully saturated rings. The summed E-state index contributed by atoms with van der Waals surface area (Å²) in [6.07, 6.45) is 4.55. The highest BCUT2D eigenvalue weighted by atomic mass is 32.2. The van der Waals surface area contributed by atoms with Crippen molar-refractivity contribution in [1.29, 1.82) is 0 Å². The molecule has 9 nitrogen and oxygen atoms in total. The van der Waals surface area contributed by atoms with Crippen molar-refractivity contribution in [1.82, 2.24) is 19.5 Å². The SMILES string of the molecule is COCCc1nc(S(=O)(=O)N(CC(=O)O)C2CCCCC2)n[nH]1. The Morgan fingerprint density at radius 2 is 2.09 bits per heavy atom. The zero-order valence-electron chi connectivity index (χ0n) is 13.1. The molecule has 0 aromatic carbocycles. The number of rotatable bonds is 8. The Balaban J connectivity index is 2.23. The number of sulfonamides is 1. The number of aromatic amines is 1. The number of methoxy groups -OCH3 is 1. The van der Waals surface area contributed by atoms with Crippen molar-refractivity contribution in [2.24, 2.45) is 0 Å². The number of hydrogen-bond donors (Lipinski definition) is 2. The Morgan fingerprint density at radius 3 is 2.70 bits per heavy atom. The van der Waals surface area contributed by atoms with Crippen LogP contribution < -0.4 is 0 Å². The fourth-order valence-electron chi connectivity index (χ4n) is 2.72. The number of nitrogens with one attached hydrogen (secondary N) is 1. The van der Waals surface area contributed by atoms with Crippen LogP contribution in [0.25, 0.3) is 0 Å². The molecule has 2 N–H and O–H groups in total. The first-order valence-electron chi connectivity index (χ1n) is 7.59. The third-order valence-electron chi connectivity index (χ3n) is 3.87. The van der Waals surface area contributed by atoms with Crippen LogP contribution in [-0.4, -0.2) is 65.3 Å².